The first-order chi connectivity index (χ1) is 8.86. The normalized spacial score (nSPS) is 20.8. The van der Waals surface area contributed by atoms with Crippen molar-refractivity contribution in [2.45, 2.75) is 38.6 Å². The van der Waals surface area contributed by atoms with Crippen LogP contribution >= 0.6 is 0 Å². The number of rotatable bonds is 3. The molecule has 19 heavy (non-hydrogen) atoms. The molecule has 4 heteroatoms. The van der Waals surface area contributed by atoms with Crippen LogP contribution < -0.4 is 0 Å². The Kier molecular flexibility index (Phi) is 4.09. The molecule has 0 saturated heterocycles. The fraction of sp³-hybridized carbons (Fsp3) is 0.533. The molecule has 1 aromatic rings. The molecule has 0 radical (unpaired) electrons. The van der Waals surface area contributed by atoms with Crippen LogP contribution in [0, 0.1) is 12.3 Å². The molecule has 0 amide bonds. The lowest BCUT2D eigenvalue weighted by Gasteiger charge is -2.21. The summed E-state index contributed by atoms with van der Waals surface area (Å²) in [4.78, 5) is 5.37. The van der Waals surface area contributed by atoms with E-state index in [-0.39, 0.29) is 11.5 Å². The van der Waals surface area contributed by atoms with E-state index >= 15 is 0 Å². The second-order valence-corrected chi connectivity index (χ2v) is 7.47. The van der Waals surface area contributed by atoms with Crippen LogP contribution in [0.1, 0.15) is 26.3 Å². The van der Waals surface area contributed by atoms with E-state index in [2.05, 4.69) is 25.8 Å². The van der Waals surface area contributed by atoms with Crippen molar-refractivity contribution in [3.8, 4) is 0 Å². The van der Waals surface area contributed by atoms with E-state index in [0.717, 1.165) is 4.90 Å². The third-order valence-corrected chi connectivity index (χ3v) is 4.55. The molecule has 1 heterocycles. The number of hydrogen-bond acceptors (Lipinski definition) is 3. The Morgan fingerprint density at radius 3 is 2.47 bits per heavy atom. The molecule has 0 aliphatic carbocycles. The molecule has 1 aromatic carbocycles. The van der Waals surface area contributed by atoms with E-state index in [0.29, 0.717) is 18.3 Å². The van der Waals surface area contributed by atoms with Gasteiger partial charge in [-0.1, -0.05) is 38.5 Å². The first-order valence-corrected chi connectivity index (χ1v) is 7.82. The van der Waals surface area contributed by atoms with Crippen molar-refractivity contribution in [2.24, 2.45) is 10.4 Å². The number of aliphatic imine (C=N–C) groups is 1. The zero-order chi connectivity index (χ0) is 14.0. The molecule has 0 fully saturated rings. The minimum Gasteiger partial charge on any atom is -0.478 e. The summed E-state index contributed by atoms with van der Waals surface area (Å²) in [6.07, 6.45) is 0. The predicted molar refractivity (Wildman–Crippen MR) is 79.1 cm³/mol. The first kappa shape index (κ1) is 14.3. The fourth-order valence-corrected chi connectivity index (χ4v) is 2.82. The summed E-state index contributed by atoms with van der Waals surface area (Å²) in [6, 6.07) is 7.92. The highest BCUT2D eigenvalue weighted by Crippen LogP contribution is 2.26. The molecule has 0 N–H and O–H groups in total. The van der Waals surface area contributed by atoms with Crippen LogP contribution in [0.4, 0.5) is 0 Å². The van der Waals surface area contributed by atoms with E-state index in [1.165, 1.54) is 5.56 Å². The van der Waals surface area contributed by atoms with E-state index in [4.69, 9.17) is 4.74 Å². The molecule has 3 nitrogen and oxygen atoms in total. The zero-order valence-electron chi connectivity index (χ0n) is 12.0. The van der Waals surface area contributed by atoms with Gasteiger partial charge < -0.3 is 4.74 Å². The highest BCUT2D eigenvalue weighted by molar-refractivity contribution is 7.85. The molecule has 1 aliphatic heterocycles. The second-order valence-electron chi connectivity index (χ2n) is 6.02. The van der Waals surface area contributed by atoms with Gasteiger partial charge in [0.15, 0.2) is 5.90 Å². The molecule has 0 spiro atoms. The van der Waals surface area contributed by atoms with Crippen LogP contribution in [0.15, 0.2) is 34.2 Å². The Hall–Kier alpha value is -1.16. The van der Waals surface area contributed by atoms with Crippen molar-refractivity contribution in [3.05, 3.63) is 29.8 Å². The van der Waals surface area contributed by atoms with Gasteiger partial charge in [-0.15, -0.1) is 0 Å². The van der Waals surface area contributed by atoms with Crippen LogP contribution in [0.3, 0.4) is 0 Å². The zero-order valence-corrected chi connectivity index (χ0v) is 12.8. The minimum absolute atomic E-state index is 0.0904. The number of aryl methyl sites for hydroxylation is 1. The van der Waals surface area contributed by atoms with E-state index in [1.54, 1.807) is 0 Å². The van der Waals surface area contributed by atoms with Crippen molar-refractivity contribution >= 4 is 16.7 Å². The number of ether oxygens (including phenoxy) is 1. The van der Waals surface area contributed by atoms with Gasteiger partial charge >= 0.3 is 0 Å². The highest BCUT2D eigenvalue weighted by Gasteiger charge is 2.30. The molecule has 0 saturated carbocycles. The van der Waals surface area contributed by atoms with Gasteiger partial charge in [0, 0.05) is 4.90 Å². The molecule has 2 atom stereocenters. The average molecular weight is 279 g/mol. The molecular weight excluding hydrogens is 258 g/mol. The Morgan fingerprint density at radius 2 is 1.95 bits per heavy atom. The summed E-state index contributed by atoms with van der Waals surface area (Å²) in [6.45, 7) is 9.05. The monoisotopic (exact) mass is 279 g/mol. The summed E-state index contributed by atoms with van der Waals surface area (Å²) >= 11 is 0. The van der Waals surface area contributed by atoms with Crippen LogP contribution in [0.2, 0.25) is 0 Å². The van der Waals surface area contributed by atoms with Crippen molar-refractivity contribution in [1.82, 2.24) is 0 Å². The van der Waals surface area contributed by atoms with E-state index in [9.17, 15) is 4.21 Å². The van der Waals surface area contributed by atoms with Crippen molar-refractivity contribution < 1.29 is 8.95 Å². The molecule has 2 rings (SSSR count). The molecule has 1 aliphatic rings. The van der Waals surface area contributed by atoms with Crippen molar-refractivity contribution in [3.63, 3.8) is 0 Å². The molecule has 0 bridgehead atoms. The number of benzene rings is 1. The quantitative estimate of drug-likeness (QED) is 0.853. The lowest BCUT2D eigenvalue weighted by Crippen LogP contribution is -2.25. The molecule has 104 valence electrons. The average Bonchev–Trinajstić information content (AvgIpc) is 2.78. The summed E-state index contributed by atoms with van der Waals surface area (Å²) in [5.41, 5.74) is 1.26. The third-order valence-electron chi connectivity index (χ3n) is 3.25. The summed E-state index contributed by atoms with van der Waals surface area (Å²) in [5, 5.41) is 0. The maximum absolute atomic E-state index is 12.2. The van der Waals surface area contributed by atoms with Crippen LogP contribution in [-0.2, 0) is 15.5 Å². The second kappa shape index (κ2) is 5.45. The molecule has 0 aromatic heterocycles. The minimum atomic E-state index is -1.08. The summed E-state index contributed by atoms with van der Waals surface area (Å²) < 4.78 is 17.8. The van der Waals surface area contributed by atoms with Gasteiger partial charge in [-0.2, -0.15) is 0 Å². The van der Waals surface area contributed by atoms with E-state index < -0.39 is 10.8 Å². The van der Waals surface area contributed by atoms with Gasteiger partial charge in [-0.25, -0.2) is 4.99 Å². The van der Waals surface area contributed by atoms with Crippen LogP contribution in [0.5, 0.6) is 0 Å². The molecular formula is C15H21NO2S. The number of hydrogen-bond donors (Lipinski definition) is 0. The van der Waals surface area contributed by atoms with E-state index in [1.807, 2.05) is 31.2 Å². The van der Waals surface area contributed by atoms with Gasteiger partial charge in [0.1, 0.15) is 12.4 Å². The third kappa shape index (κ3) is 3.66. The maximum Gasteiger partial charge on any atom is 0.197 e. The first-order valence-electron chi connectivity index (χ1n) is 6.51. The Labute approximate surface area is 117 Å². The van der Waals surface area contributed by atoms with Crippen LogP contribution in [-0.4, -0.2) is 28.5 Å². The molecule has 0 unspecified atom stereocenters. The Balaban J connectivity index is 2.02. The largest absolute Gasteiger partial charge is 0.478 e. The highest BCUT2D eigenvalue weighted by atomic mass is 32.2. The van der Waals surface area contributed by atoms with Gasteiger partial charge in [-0.05, 0) is 24.5 Å². The smallest absolute Gasteiger partial charge is 0.197 e. The van der Waals surface area contributed by atoms with Crippen molar-refractivity contribution in [1.29, 1.82) is 0 Å². The maximum atomic E-state index is 12.2. The standard InChI is InChI=1S/C15H21NO2S/c1-11-5-7-12(8-6-11)19(17)10-14-16-13(9-18-14)15(2,3)4/h5-8,13H,9-10H2,1-4H3/t13-,19-/m1/s1. The lowest BCUT2D eigenvalue weighted by atomic mass is 9.88. The van der Waals surface area contributed by atoms with Crippen LogP contribution in [0.25, 0.3) is 0 Å². The van der Waals surface area contributed by atoms with Gasteiger partial charge in [0.25, 0.3) is 0 Å². The topological polar surface area (TPSA) is 38.7 Å². The summed E-state index contributed by atoms with van der Waals surface area (Å²) in [5.74, 6) is 0.995. The number of nitrogens with zero attached hydrogens (tertiary/aromatic N) is 1. The summed E-state index contributed by atoms with van der Waals surface area (Å²) in [7, 11) is -1.08. The predicted octanol–water partition coefficient (Wildman–Crippen LogP) is 2.95. The van der Waals surface area contributed by atoms with Gasteiger partial charge in [-0.3, -0.25) is 4.21 Å². The Bertz CT molecular complexity index is 500. The fourth-order valence-electron chi connectivity index (χ4n) is 1.83. The van der Waals surface area contributed by atoms with Crippen molar-refractivity contribution in [2.75, 3.05) is 12.4 Å². The Morgan fingerprint density at radius 1 is 1.32 bits per heavy atom. The van der Waals surface area contributed by atoms with Gasteiger partial charge in [0.2, 0.25) is 0 Å². The lowest BCUT2D eigenvalue weighted by molar-refractivity contribution is 0.235. The SMILES string of the molecule is Cc1ccc([S@](=O)CC2=N[C@@H](C(C)(C)C)CO2)cc1. The van der Waals surface area contributed by atoms with Gasteiger partial charge in [0.05, 0.1) is 16.8 Å².